The molecule has 0 atom stereocenters. The van der Waals surface area contributed by atoms with E-state index in [1.807, 2.05) is 18.2 Å². The number of anilines is 1. The molecule has 3 aromatic rings. The fraction of sp³-hybridized carbons (Fsp3) is 0.118. The minimum absolute atomic E-state index is 0.0429. The Hall–Kier alpha value is -2.98. The number of rotatable bonds is 3. The average molecular weight is 338 g/mol. The van der Waals surface area contributed by atoms with Crippen molar-refractivity contribution in [2.24, 2.45) is 0 Å². The Bertz CT molecular complexity index is 1080. The number of nitrogens with zero attached hydrogens (tertiary/aromatic N) is 3. The van der Waals surface area contributed by atoms with Crippen molar-refractivity contribution in [1.29, 1.82) is 5.26 Å². The Morgan fingerprint density at radius 2 is 1.92 bits per heavy atom. The van der Waals surface area contributed by atoms with Crippen molar-refractivity contribution in [3.05, 3.63) is 59.4 Å². The van der Waals surface area contributed by atoms with Gasteiger partial charge in [-0.25, -0.2) is 4.98 Å². The second kappa shape index (κ2) is 5.91. The molecule has 0 saturated heterocycles. The first-order chi connectivity index (χ1) is 11.4. The average Bonchev–Trinajstić information content (AvgIpc) is 2.54. The number of nitriles is 1. The number of sulfonamides is 1. The lowest BCUT2D eigenvalue weighted by Gasteiger charge is -2.12. The summed E-state index contributed by atoms with van der Waals surface area (Å²) in [5.74, 6) is 0. The van der Waals surface area contributed by atoms with Crippen LogP contribution >= 0.6 is 0 Å². The first-order valence-electron chi connectivity index (χ1n) is 7.17. The maximum absolute atomic E-state index is 12.8. The topological polar surface area (TPSA) is 95.7 Å². The monoisotopic (exact) mass is 338 g/mol. The molecule has 0 aliphatic carbocycles. The van der Waals surface area contributed by atoms with Gasteiger partial charge < -0.3 is 0 Å². The standard InChI is InChI=1S/C17H14N4O2S/c1-11-9-12(2)20-17(14(11)10-18)24(22,23)21-15-7-3-5-13-6-4-8-19-16(13)15/h3-9,21H,1-2H3. The zero-order valence-electron chi connectivity index (χ0n) is 13.1. The number of hydrogen-bond acceptors (Lipinski definition) is 5. The van der Waals surface area contributed by atoms with Gasteiger partial charge in [-0.1, -0.05) is 18.2 Å². The molecule has 1 N–H and O–H groups in total. The van der Waals surface area contributed by atoms with Crippen LogP contribution in [-0.4, -0.2) is 18.4 Å². The number of fused-ring (bicyclic) bond motifs is 1. The minimum Gasteiger partial charge on any atom is -0.276 e. The largest absolute Gasteiger partial charge is 0.280 e. The van der Waals surface area contributed by atoms with Crippen molar-refractivity contribution in [1.82, 2.24) is 9.97 Å². The fourth-order valence-electron chi connectivity index (χ4n) is 2.51. The number of nitrogens with one attached hydrogen (secondary N) is 1. The van der Waals surface area contributed by atoms with Crippen molar-refractivity contribution < 1.29 is 8.42 Å². The van der Waals surface area contributed by atoms with Crippen LogP contribution in [0.4, 0.5) is 5.69 Å². The first kappa shape index (κ1) is 15.9. The highest BCUT2D eigenvalue weighted by molar-refractivity contribution is 7.92. The van der Waals surface area contributed by atoms with Crippen LogP contribution in [0.1, 0.15) is 16.8 Å². The van der Waals surface area contributed by atoms with Gasteiger partial charge in [0, 0.05) is 17.3 Å². The molecule has 1 aromatic carbocycles. The first-order valence-corrected chi connectivity index (χ1v) is 8.65. The van der Waals surface area contributed by atoms with Crippen LogP contribution in [0.5, 0.6) is 0 Å². The predicted octanol–water partition coefficient (Wildman–Crippen LogP) is 2.92. The van der Waals surface area contributed by atoms with Crippen molar-refractivity contribution in [2.45, 2.75) is 18.9 Å². The molecule has 120 valence electrons. The molecule has 0 radical (unpaired) electrons. The molecule has 0 fully saturated rings. The molecule has 0 saturated carbocycles. The van der Waals surface area contributed by atoms with Crippen LogP contribution in [0.25, 0.3) is 10.9 Å². The molecule has 0 unspecified atom stereocenters. The van der Waals surface area contributed by atoms with Gasteiger partial charge in [-0.15, -0.1) is 0 Å². The van der Waals surface area contributed by atoms with Crippen molar-refractivity contribution >= 4 is 26.6 Å². The van der Waals surface area contributed by atoms with Crippen LogP contribution in [-0.2, 0) is 10.0 Å². The van der Waals surface area contributed by atoms with Crippen LogP contribution in [0, 0.1) is 25.2 Å². The summed E-state index contributed by atoms with van der Waals surface area (Å²) in [5.41, 5.74) is 2.02. The third kappa shape index (κ3) is 2.79. The summed E-state index contributed by atoms with van der Waals surface area (Å²) in [6.07, 6.45) is 1.59. The zero-order chi connectivity index (χ0) is 17.3. The number of para-hydroxylation sites is 1. The second-order valence-electron chi connectivity index (χ2n) is 5.36. The summed E-state index contributed by atoms with van der Waals surface area (Å²) in [6, 6.07) is 12.4. The van der Waals surface area contributed by atoms with Crippen LogP contribution in [0.15, 0.2) is 47.6 Å². The van der Waals surface area contributed by atoms with Crippen molar-refractivity contribution in [3.8, 4) is 6.07 Å². The van der Waals surface area contributed by atoms with E-state index in [9.17, 15) is 13.7 Å². The Labute approximate surface area is 139 Å². The van der Waals surface area contributed by atoms with Gasteiger partial charge in [-0.2, -0.15) is 13.7 Å². The molecule has 0 aliphatic heterocycles. The summed E-state index contributed by atoms with van der Waals surface area (Å²) >= 11 is 0. The molecule has 3 rings (SSSR count). The summed E-state index contributed by atoms with van der Waals surface area (Å²) in [7, 11) is -4.02. The van der Waals surface area contributed by atoms with Crippen LogP contribution < -0.4 is 4.72 Å². The second-order valence-corrected chi connectivity index (χ2v) is 6.96. The van der Waals surface area contributed by atoms with E-state index in [1.54, 1.807) is 44.3 Å². The predicted molar refractivity (Wildman–Crippen MR) is 91.0 cm³/mol. The molecule has 24 heavy (non-hydrogen) atoms. The van der Waals surface area contributed by atoms with Gasteiger partial charge in [0.05, 0.1) is 16.8 Å². The highest BCUT2D eigenvalue weighted by atomic mass is 32.2. The highest BCUT2D eigenvalue weighted by Crippen LogP contribution is 2.25. The van der Waals surface area contributed by atoms with E-state index >= 15 is 0 Å². The summed E-state index contributed by atoms with van der Waals surface area (Å²) < 4.78 is 28.1. The van der Waals surface area contributed by atoms with E-state index < -0.39 is 10.0 Å². The van der Waals surface area contributed by atoms with E-state index in [-0.39, 0.29) is 10.6 Å². The minimum atomic E-state index is -4.02. The molecule has 0 spiro atoms. The molecule has 7 heteroatoms. The zero-order valence-corrected chi connectivity index (χ0v) is 13.9. The highest BCUT2D eigenvalue weighted by Gasteiger charge is 2.23. The maximum Gasteiger partial charge on any atom is 0.280 e. The molecule has 6 nitrogen and oxygen atoms in total. The number of benzene rings is 1. The Morgan fingerprint density at radius 3 is 2.67 bits per heavy atom. The molecule has 2 aromatic heterocycles. The lowest BCUT2D eigenvalue weighted by atomic mass is 10.1. The van der Waals surface area contributed by atoms with E-state index in [2.05, 4.69) is 14.7 Å². The third-order valence-corrected chi connectivity index (χ3v) is 4.85. The number of aryl methyl sites for hydroxylation is 2. The third-order valence-electron chi connectivity index (χ3n) is 3.55. The quantitative estimate of drug-likeness (QED) is 0.792. The maximum atomic E-state index is 12.8. The van der Waals surface area contributed by atoms with Crippen LogP contribution in [0.2, 0.25) is 0 Å². The van der Waals surface area contributed by atoms with Gasteiger partial charge in [-0.3, -0.25) is 9.71 Å². The smallest absolute Gasteiger partial charge is 0.276 e. The van der Waals surface area contributed by atoms with E-state index in [0.29, 0.717) is 22.5 Å². The van der Waals surface area contributed by atoms with E-state index in [0.717, 1.165) is 5.39 Å². The molecule has 0 bridgehead atoms. The van der Waals surface area contributed by atoms with Crippen molar-refractivity contribution in [2.75, 3.05) is 4.72 Å². The molecule has 2 heterocycles. The van der Waals surface area contributed by atoms with Gasteiger partial charge in [-0.05, 0) is 37.6 Å². The molecular formula is C17H14N4O2S. The Morgan fingerprint density at radius 1 is 1.17 bits per heavy atom. The molecule has 0 amide bonds. The number of hydrogen-bond donors (Lipinski definition) is 1. The molecule has 0 aliphatic rings. The lowest BCUT2D eigenvalue weighted by Crippen LogP contribution is -2.17. The summed E-state index contributed by atoms with van der Waals surface area (Å²) in [5, 5.41) is 9.84. The van der Waals surface area contributed by atoms with E-state index in [1.165, 1.54) is 0 Å². The van der Waals surface area contributed by atoms with Gasteiger partial charge >= 0.3 is 0 Å². The molecular weight excluding hydrogens is 324 g/mol. The fourth-order valence-corrected chi connectivity index (χ4v) is 3.80. The van der Waals surface area contributed by atoms with Gasteiger partial charge in [0.25, 0.3) is 10.0 Å². The van der Waals surface area contributed by atoms with Gasteiger partial charge in [0.15, 0.2) is 5.03 Å². The number of pyridine rings is 2. The summed E-state index contributed by atoms with van der Waals surface area (Å²) in [4.78, 5) is 8.28. The van der Waals surface area contributed by atoms with Gasteiger partial charge in [0.1, 0.15) is 6.07 Å². The van der Waals surface area contributed by atoms with Crippen LogP contribution in [0.3, 0.4) is 0 Å². The van der Waals surface area contributed by atoms with E-state index in [4.69, 9.17) is 0 Å². The number of aromatic nitrogens is 2. The Kier molecular flexibility index (Phi) is 3.91. The summed E-state index contributed by atoms with van der Waals surface area (Å²) in [6.45, 7) is 3.37. The van der Waals surface area contributed by atoms with Gasteiger partial charge in [0.2, 0.25) is 0 Å². The van der Waals surface area contributed by atoms with Crippen molar-refractivity contribution in [3.63, 3.8) is 0 Å². The SMILES string of the molecule is Cc1cc(C)c(C#N)c(S(=O)(=O)Nc2cccc3cccnc23)n1. The Balaban J connectivity index is 2.15. The lowest BCUT2D eigenvalue weighted by molar-refractivity contribution is 0.596. The normalized spacial score (nSPS) is 11.2.